The molecule has 2 aliphatic rings. The fraction of sp³-hybridized carbons (Fsp3) is 0.476. The van der Waals surface area contributed by atoms with Gasteiger partial charge in [0.1, 0.15) is 29.9 Å². The average Bonchev–Trinajstić information content (AvgIpc) is 2.76. The second kappa shape index (κ2) is 9.09. The number of alkyl halides is 3. The molecule has 1 aromatic carbocycles. The molecule has 2 aromatic rings. The van der Waals surface area contributed by atoms with Gasteiger partial charge in [-0.1, -0.05) is 0 Å². The van der Waals surface area contributed by atoms with Crippen LogP contribution in [0.2, 0.25) is 0 Å². The summed E-state index contributed by atoms with van der Waals surface area (Å²) in [5, 5.41) is 0. The molecule has 0 amide bonds. The molecule has 0 spiro atoms. The summed E-state index contributed by atoms with van der Waals surface area (Å²) in [6.45, 7) is 1.16. The molecule has 1 atom stereocenters. The molecule has 6 nitrogen and oxygen atoms in total. The predicted molar refractivity (Wildman–Crippen MR) is 101 cm³/mol. The smallest absolute Gasteiger partial charge is 0.422 e. The third-order valence-electron chi connectivity index (χ3n) is 4.70. The van der Waals surface area contributed by atoms with E-state index in [1.165, 1.54) is 12.1 Å². The highest BCUT2D eigenvalue weighted by Crippen LogP contribution is 2.37. The summed E-state index contributed by atoms with van der Waals surface area (Å²) in [5.74, 6) is 1.25. The van der Waals surface area contributed by atoms with Crippen molar-refractivity contribution in [2.45, 2.75) is 25.1 Å². The molecular weight excluding hydrogens is 403 g/mol. The van der Waals surface area contributed by atoms with Crippen LogP contribution in [0.5, 0.6) is 17.4 Å². The van der Waals surface area contributed by atoms with E-state index in [4.69, 9.17) is 23.7 Å². The van der Waals surface area contributed by atoms with Crippen LogP contribution in [0.25, 0.3) is 11.3 Å². The molecule has 3 heterocycles. The van der Waals surface area contributed by atoms with Gasteiger partial charge >= 0.3 is 6.18 Å². The molecule has 9 heteroatoms. The van der Waals surface area contributed by atoms with E-state index in [-0.39, 0.29) is 11.9 Å². The van der Waals surface area contributed by atoms with Crippen LogP contribution >= 0.6 is 0 Å². The van der Waals surface area contributed by atoms with E-state index >= 15 is 0 Å². The molecule has 0 bridgehead atoms. The third kappa shape index (κ3) is 5.34. The molecule has 0 N–H and O–H groups in total. The van der Waals surface area contributed by atoms with Gasteiger partial charge in [-0.15, -0.1) is 0 Å². The van der Waals surface area contributed by atoms with Crippen LogP contribution in [0.4, 0.5) is 13.2 Å². The summed E-state index contributed by atoms with van der Waals surface area (Å²) < 4.78 is 64.5. The molecule has 1 saturated heterocycles. The highest BCUT2D eigenvalue weighted by atomic mass is 19.4. The van der Waals surface area contributed by atoms with Crippen molar-refractivity contribution in [2.75, 3.05) is 39.6 Å². The van der Waals surface area contributed by atoms with Crippen LogP contribution < -0.4 is 14.2 Å². The lowest BCUT2D eigenvalue weighted by Gasteiger charge is -2.24. The van der Waals surface area contributed by atoms with Crippen molar-refractivity contribution in [2.24, 2.45) is 0 Å². The van der Waals surface area contributed by atoms with Gasteiger partial charge in [-0.05, 0) is 37.1 Å². The number of nitrogens with zero attached hydrogens (tertiary/aromatic N) is 1. The summed E-state index contributed by atoms with van der Waals surface area (Å²) in [6.07, 6.45) is -2.82. The molecule has 162 valence electrons. The van der Waals surface area contributed by atoms with Gasteiger partial charge in [0, 0.05) is 17.2 Å². The quantitative estimate of drug-likeness (QED) is 0.702. The van der Waals surface area contributed by atoms with Gasteiger partial charge < -0.3 is 23.7 Å². The SMILES string of the molecule is FC(F)(F)COc1ccc(-c2nc(OCC3COCCO3)cc3c2OCCC3)cc1. The molecule has 1 aromatic heterocycles. The topological polar surface area (TPSA) is 59.0 Å². The zero-order valence-corrected chi connectivity index (χ0v) is 16.2. The zero-order valence-electron chi connectivity index (χ0n) is 16.2. The number of aryl methyl sites for hydroxylation is 1. The number of benzene rings is 1. The molecule has 0 radical (unpaired) electrons. The Morgan fingerprint density at radius 2 is 1.90 bits per heavy atom. The fourth-order valence-electron chi connectivity index (χ4n) is 3.30. The van der Waals surface area contributed by atoms with Crippen LogP contribution in [0.15, 0.2) is 30.3 Å². The summed E-state index contributed by atoms with van der Waals surface area (Å²) >= 11 is 0. The van der Waals surface area contributed by atoms with Crippen LogP contribution in [0, 0.1) is 0 Å². The van der Waals surface area contributed by atoms with Crippen molar-refractivity contribution in [3.05, 3.63) is 35.9 Å². The highest BCUT2D eigenvalue weighted by Gasteiger charge is 2.28. The Morgan fingerprint density at radius 3 is 2.63 bits per heavy atom. The van der Waals surface area contributed by atoms with Crippen LogP contribution in [-0.4, -0.2) is 56.9 Å². The van der Waals surface area contributed by atoms with Gasteiger partial charge in [-0.3, -0.25) is 0 Å². The summed E-state index contributed by atoms with van der Waals surface area (Å²) in [6, 6.07) is 8.15. The first kappa shape index (κ1) is 20.7. The Kier molecular flexibility index (Phi) is 6.29. The van der Waals surface area contributed by atoms with E-state index in [0.717, 1.165) is 18.4 Å². The first-order valence-electron chi connectivity index (χ1n) is 9.77. The number of pyridine rings is 1. The maximum atomic E-state index is 12.3. The Hall–Kier alpha value is -2.52. The van der Waals surface area contributed by atoms with Gasteiger partial charge in [-0.25, -0.2) is 4.98 Å². The first-order chi connectivity index (χ1) is 14.5. The monoisotopic (exact) mass is 425 g/mol. The van der Waals surface area contributed by atoms with Crippen molar-refractivity contribution in [3.63, 3.8) is 0 Å². The molecule has 1 fully saturated rings. The van der Waals surface area contributed by atoms with Crippen molar-refractivity contribution < 1.29 is 36.9 Å². The van der Waals surface area contributed by atoms with E-state index in [1.54, 1.807) is 12.1 Å². The Morgan fingerprint density at radius 1 is 1.07 bits per heavy atom. The maximum absolute atomic E-state index is 12.3. The number of hydrogen-bond donors (Lipinski definition) is 0. The highest BCUT2D eigenvalue weighted by molar-refractivity contribution is 5.70. The number of fused-ring (bicyclic) bond motifs is 1. The largest absolute Gasteiger partial charge is 0.491 e. The number of hydrogen-bond acceptors (Lipinski definition) is 6. The van der Waals surface area contributed by atoms with Crippen molar-refractivity contribution in [3.8, 4) is 28.6 Å². The number of rotatable bonds is 6. The summed E-state index contributed by atoms with van der Waals surface area (Å²) in [5.41, 5.74) is 2.28. The Labute approximate surface area is 171 Å². The molecule has 1 unspecified atom stereocenters. The van der Waals surface area contributed by atoms with Gasteiger partial charge in [0.05, 0.1) is 26.4 Å². The van der Waals surface area contributed by atoms with E-state index in [2.05, 4.69) is 4.98 Å². The van der Waals surface area contributed by atoms with Crippen LogP contribution in [0.1, 0.15) is 12.0 Å². The van der Waals surface area contributed by atoms with Gasteiger partial charge in [0.25, 0.3) is 0 Å². The molecular formula is C21H22F3NO5. The van der Waals surface area contributed by atoms with Crippen molar-refractivity contribution in [1.82, 2.24) is 4.98 Å². The Balaban J connectivity index is 1.53. The van der Waals surface area contributed by atoms with Crippen molar-refractivity contribution >= 4 is 0 Å². The first-order valence-corrected chi connectivity index (χ1v) is 9.77. The number of aromatic nitrogens is 1. The molecule has 0 aliphatic carbocycles. The second-order valence-corrected chi connectivity index (χ2v) is 7.06. The van der Waals surface area contributed by atoms with Crippen LogP contribution in [-0.2, 0) is 15.9 Å². The van der Waals surface area contributed by atoms with E-state index in [9.17, 15) is 13.2 Å². The molecule has 0 saturated carbocycles. The Bertz CT molecular complexity index is 851. The average molecular weight is 425 g/mol. The molecule has 4 rings (SSSR count). The molecule has 2 aliphatic heterocycles. The number of halogens is 3. The van der Waals surface area contributed by atoms with Crippen LogP contribution in [0.3, 0.4) is 0 Å². The van der Waals surface area contributed by atoms with Gasteiger partial charge in [0.2, 0.25) is 5.88 Å². The summed E-state index contributed by atoms with van der Waals surface area (Å²) in [7, 11) is 0. The minimum absolute atomic E-state index is 0.132. The van der Waals surface area contributed by atoms with E-state index < -0.39 is 12.8 Å². The predicted octanol–water partition coefficient (Wildman–Crippen LogP) is 3.81. The normalized spacial score (nSPS) is 19.0. The second-order valence-electron chi connectivity index (χ2n) is 7.06. The third-order valence-corrected chi connectivity index (χ3v) is 4.70. The lowest BCUT2D eigenvalue weighted by molar-refractivity contribution is -0.153. The van der Waals surface area contributed by atoms with Gasteiger partial charge in [-0.2, -0.15) is 13.2 Å². The summed E-state index contributed by atoms with van der Waals surface area (Å²) in [4.78, 5) is 4.59. The standard InChI is InChI=1S/C21H22F3NO5/c22-21(23,24)13-30-16-5-3-14(4-6-16)19-20-15(2-1-7-28-20)10-18(25-19)29-12-17-11-26-8-9-27-17/h3-6,10,17H,1-2,7-9,11-13H2. The minimum Gasteiger partial charge on any atom is -0.491 e. The fourth-order valence-corrected chi connectivity index (χ4v) is 3.30. The maximum Gasteiger partial charge on any atom is 0.422 e. The van der Waals surface area contributed by atoms with Crippen molar-refractivity contribution in [1.29, 1.82) is 0 Å². The zero-order chi connectivity index (χ0) is 21.0. The number of ether oxygens (including phenoxy) is 5. The minimum atomic E-state index is -4.38. The molecule has 30 heavy (non-hydrogen) atoms. The van der Waals surface area contributed by atoms with E-state index in [1.807, 2.05) is 6.07 Å². The lowest BCUT2D eigenvalue weighted by Crippen LogP contribution is -2.33. The lowest BCUT2D eigenvalue weighted by atomic mass is 10.0. The van der Waals surface area contributed by atoms with Gasteiger partial charge in [0.15, 0.2) is 6.61 Å². The van der Waals surface area contributed by atoms with E-state index in [0.29, 0.717) is 55.9 Å².